The Labute approximate surface area is 177 Å². The van der Waals surface area contributed by atoms with E-state index in [9.17, 15) is 52.7 Å². The first kappa shape index (κ1) is 25.4. The molecule has 0 saturated heterocycles. The summed E-state index contributed by atoms with van der Waals surface area (Å²) in [5, 5.41) is 0. The van der Waals surface area contributed by atoms with Gasteiger partial charge in [-0.1, -0.05) is 0 Å². The number of hydrogen-bond acceptors (Lipinski definition) is 0. The molecule has 2 aromatic rings. The van der Waals surface area contributed by atoms with Crippen molar-refractivity contribution in [1.82, 2.24) is 0 Å². The second-order valence-corrected chi connectivity index (χ2v) is 15.7. The zero-order valence-electron chi connectivity index (χ0n) is 13.8. The van der Waals surface area contributed by atoms with Crippen LogP contribution in [-0.4, -0.2) is 34.1 Å². The zero-order chi connectivity index (χ0) is 23.1. The zero-order valence-corrected chi connectivity index (χ0v) is 18.5. The average molecular weight is 681 g/mol. The molecular formula is C16H6F12Te2. The topological polar surface area (TPSA) is 0 Å². The van der Waals surface area contributed by atoms with E-state index in [2.05, 4.69) is 0 Å². The summed E-state index contributed by atoms with van der Waals surface area (Å²) in [7, 11) is 0. The molecule has 0 aromatic heterocycles. The van der Waals surface area contributed by atoms with Crippen molar-refractivity contribution < 1.29 is 52.7 Å². The van der Waals surface area contributed by atoms with Gasteiger partial charge < -0.3 is 0 Å². The van der Waals surface area contributed by atoms with Crippen LogP contribution >= 0.6 is 0 Å². The van der Waals surface area contributed by atoms with Crippen LogP contribution < -0.4 is 7.22 Å². The van der Waals surface area contributed by atoms with E-state index < -0.39 is 81.1 Å². The molecule has 0 aliphatic rings. The third kappa shape index (κ3) is 6.84. The van der Waals surface area contributed by atoms with E-state index in [1.165, 1.54) is 0 Å². The Morgan fingerprint density at radius 3 is 0.733 bits per heavy atom. The van der Waals surface area contributed by atoms with Gasteiger partial charge in [-0.25, -0.2) is 0 Å². The molecule has 0 saturated carbocycles. The molecule has 0 atom stereocenters. The van der Waals surface area contributed by atoms with Crippen molar-refractivity contribution >= 4 is 41.3 Å². The van der Waals surface area contributed by atoms with Gasteiger partial charge in [0.25, 0.3) is 0 Å². The van der Waals surface area contributed by atoms with Gasteiger partial charge in [0.05, 0.1) is 0 Å². The molecule has 0 unspecified atom stereocenters. The Balaban J connectivity index is 2.43. The van der Waals surface area contributed by atoms with E-state index in [-0.39, 0.29) is 19.4 Å². The van der Waals surface area contributed by atoms with E-state index in [1.54, 1.807) is 0 Å². The molecule has 0 aliphatic heterocycles. The normalized spacial score (nSPS) is 13.6. The molecule has 0 amide bonds. The fourth-order valence-electron chi connectivity index (χ4n) is 2.05. The third-order valence-corrected chi connectivity index (χ3v) is 15.0. The minimum absolute atomic E-state index is 0.0942. The van der Waals surface area contributed by atoms with Gasteiger partial charge in [0.15, 0.2) is 0 Å². The maximum atomic E-state index is 12.9. The minimum atomic E-state index is -5.09. The predicted molar refractivity (Wildman–Crippen MR) is 83.7 cm³/mol. The summed E-state index contributed by atoms with van der Waals surface area (Å²) in [4.78, 5) is 0. The summed E-state index contributed by atoms with van der Waals surface area (Å²) in [6, 6.07) is 1.65. The first-order chi connectivity index (χ1) is 13.4. The number of hydrogen-bond donors (Lipinski definition) is 0. The summed E-state index contributed by atoms with van der Waals surface area (Å²) in [5.41, 5.74) is -6.32. The van der Waals surface area contributed by atoms with E-state index in [4.69, 9.17) is 0 Å². The van der Waals surface area contributed by atoms with Crippen molar-refractivity contribution in [1.29, 1.82) is 0 Å². The Bertz CT molecular complexity index is 766. The fourth-order valence-corrected chi connectivity index (χ4v) is 12.0. The average Bonchev–Trinajstić information content (AvgIpc) is 2.56. The molecule has 2 rings (SSSR count). The molecular weight excluding hydrogens is 675 g/mol. The van der Waals surface area contributed by atoms with Crippen LogP contribution in [-0.2, 0) is 24.7 Å². The molecule has 0 aliphatic carbocycles. The number of halogens is 12. The van der Waals surface area contributed by atoms with Crippen LogP contribution in [0.1, 0.15) is 22.3 Å². The monoisotopic (exact) mass is 686 g/mol. The number of benzene rings is 2. The predicted octanol–water partition coefficient (Wildman–Crippen LogP) is 5.04. The van der Waals surface area contributed by atoms with Crippen LogP contribution in [0.5, 0.6) is 0 Å². The Morgan fingerprint density at radius 2 is 0.567 bits per heavy atom. The van der Waals surface area contributed by atoms with Gasteiger partial charge in [-0.05, 0) is 0 Å². The van der Waals surface area contributed by atoms with Gasteiger partial charge in [-0.15, -0.1) is 0 Å². The first-order valence-corrected chi connectivity index (χ1v) is 17.0. The molecule has 30 heavy (non-hydrogen) atoms. The molecule has 0 bridgehead atoms. The molecule has 14 heteroatoms. The molecule has 0 radical (unpaired) electrons. The quantitative estimate of drug-likeness (QED) is 0.315. The van der Waals surface area contributed by atoms with E-state index in [0.717, 1.165) is 0 Å². The Morgan fingerprint density at radius 1 is 0.367 bits per heavy atom. The summed E-state index contributed by atoms with van der Waals surface area (Å²) in [6.07, 6.45) is -20.4. The van der Waals surface area contributed by atoms with Crippen LogP contribution in [0.15, 0.2) is 36.4 Å². The van der Waals surface area contributed by atoms with Crippen LogP contribution in [0.2, 0.25) is 0 Å². The standard InChI is InChI=1S/C16H6F12Te2/c17-13(18,19)7-1-8(14(20,21)22)4-11(3-7)29-30-12-5-9(15(23,24)25)2-10(6-12)16(26,27)28/h1-6H. The summed E-state index contributed by atoms with van der Waals surface area (Å²) in [6.45, 7) is 0. The van der Waals surface area contributed by atoms with Crippen molar-refractivity contribution in [3.8, 4) is 0 Å². The van der Waals surface area contributed by atoms with Crippen LogP contribution in [0.3, 0.4) is 0 Å². The molecule has 0 heterocycles. The molecule has 0 fully saturated rings. The van der Waals surface area contributed by atoms with Crippen molar-refractivity contribution in [2.45, 2.75) is 24.7 Å². The van der Waals surface area contributed by atoms with E-state index >= 15 is 0 Å². The van der Waals surface area contributed by atoms with Gasteiger partial charge in [0, 0.05) is 0 Å². The van der Waals surface area contributed by atoms with Crippen molar-refractivity contribution in [3.05, 3.63) is 58.7 Å². The van der Waals surface area contributed by atoms with E-state index in [0.29, 0.717) is 24.3 Å². The first-order valence-electron chi connectivity index (χ1n) is 7.31. The van der Waals surface area contributed by atoms with Crippen LogP contribution in [0, 0.1) is 0 Å². The van der Waals surface area contributed by atoms with Gasteiger partial charge in [0.1, 0.15) is 0 Å². The summed E-state index contributed by atoms with van der Waals surface area (Å²) >= 11 is -3.80. The van der Waals surface area contributed by atoms with E-state index in [1.807, 2.05) is 0 Å². The molecule has 0 N–H and O–H groups in total. The van der Waals surface area contributed by atoms with Gasteiger partial charge in [0.2, 0.25) is 0 Å². The van der Waals surface area contributed by atoms with Gasteiger partial charge >= 0.3 is 177 Å². The Hall–Kier alpha value is -0.821. The maximum absolute atomic E-state index is 12.9. The Kier molecular flexibility index (Phi) is 7.30. The molecule has 0 nitrogen and oxygen atoms in total. The van der Waals surface area contributed by atoms with Crippen LogP contribution in [0.25, 0.3) is 0 Å². The van der Waals surface area contributed by atoms with Crippen molar-refractivity contribution in [2.24, 2.45) is 0 Å². The molecule has 166 valence electrons. The number of alkyl halides is 12. The van der Waals surface area contributed by atoms with Crippen molar-refractivity contribution in [2.75, 3.05) is 0 Å². The van der Waals surface area contributed by atoms with Gasteiger partial charge in [-0.3, -0.25) is 0 Å². The summed E-state index contributed by atoms with van der Waals surface area (Å²) < 4.78 is 154. The van der Waals surface area contributed by atoms with Crippen molar-refractivity contribution in [3.63, 3.8) is 0 Å². The second kappa shape index (κ2) is 8.61. The van der Waals surface area contributed by atoms with Gasteiger partial charge in [-0.2, -0.15) is 0 Å². The summed E-state index contributed by atoms with van der Waals surface area (Å²) in [5.74, 6) is 0. The van der Waals surface area contributed by atoms with Crippen LogP contribution in [0.4, 0.5) is 52.7 Å². The second-order valence-electron chi connectivity index (χ2n) is 5.65. The molecule has 0 spiro atoms. The third-order valence-electron chi connectivity index (χ3n) is 3.36. The number of rotatable bonds is 3. The SMILES string of the molecule is FC(F)(F)c1cc([Te][Te]c2cc(C(F)(F)F)cc(C(F)(F)F)c2)cc(C(F)(F)F)c1. The molecule has 2 aromatic carbocycles. The fraction of sp³-hybridized carbons (Fsp3) is 0.250.